The van der Waals surface area contributed by atoms with E-state index in [-0.39, 0.29) is 36.5 Å². The Kier molecular flexibility index (Phi) is 6.77. The molecule has 0 saturated carbocycles. The van der Waals surface area contributed by atoms with Crippen LogP contribution in [0, 0.1) is 0 Å². The molecule has 0 radical (unpaired) electrons. The maximum Gasteiger partial charge on any atom is 0.416 e. The molecule has 2 rings (SSSR count). The number of ketones is 1. The van der Waals surface area contributed by atoms with E-state index in [0.717, 1.165) is 12.1 Å². The molecule has 6 heteroatoms. The van der Waals surface area contributed by atoms with Gasteiger partial charge in [-0.05, 0) is 30.5 Å². The number of hydrogen-bond acceptors (Lipinski definition) is 2. The normalized spacial score (nSPS) is 13.7. The van der Waals surface area contributed by atoms with Crippen LogP contribution in [-0.2, 0) is 11.0 Å². The van der Waals surface area contributed by atoms with Crippen LogP contribution in [0.1, 0.15) is 54.1 Å². The summed E-state index contributed by atoms with van der Waals surface area (Å²) in [5, 5.41) is 2.78. The van der Waals surface area contributed by atoms with Gasteiger partial charge in [0.1, 0.15) is 0 Å². The fraction of sp³-hybridized carbons (Fsp3) is 0.333. The van der Waals surface area contributed by atoms with E-state index >= 15 is 0 Å². The van der Waals surface area contributed by atoms with Crippen LogP contribution in [-0.4, -0.2) is 17.7 Å². The highest BCUT2D eigenvalue weighted by Crippen LogP contribution is 2.30. The quantitative estimate of drug-likeness (QED) is 0.692. The molecule has 0 aliphatic carbocycles. The minimum Gasteiger partial charge on any atom is -0.353 e. The average Bonchev–Trinajstić information content (AvgIpc) is 2.61. The molecule has 2 atom stereocenters. The topological polar surface area (TPSA) is 46.2 Å². The lowest BCUT2D eigenvalue weighted by molar-refractivity contribution is -0.137. The fourth-order valence-corrected chi connectivity index (χ4v) is 2.80. The zero-order chi connectivity index (χ0) is 20.0. The van der Waals surface area contributed by atoms with Gasteiger partial charge in [-0.2, -0.15) is 13.2 Å². The molecule has 0 aliphatic rings. The number of amides is 1. The zero-order valence-corrected chi connectivity index (χ0v) is 15.2. The number of benzene rings is 2. The van der Waals surface area contributed by atoms with Gasteiger partial charge in [0.15, 0.2) is 5.78 Å². The zero-order valence-electron chi connectivity index (χ0n) is 15.2. The van der Waals surface area contributed by atoms with Gasteiger partial charge < -0.3 is 5.32 Å². The Labute approximate surface area is 156 Å². The van der Waals surface area contributed by atoms with E-state index in [4.69, 9.17) is 0 Å². The van der Waals surface area contributed by atoms with Gasteiger partial charge in [0.2, 0.25) is 5.91 Å². The SMILES string of the molecule is CC(CC(=O)c1ccccc1)NC(=O)CC(C)c1ccc(C(F)(F)F)cc1. The van der Waals surface area contributed by atoms with E-state index in [1.54, 1.807) is 38.1 Å². The van der Waals surface area contributed by atoms with Crippen molar-refractivity contribution in [2.24, 2.45) is 0 Å². The summed E-state index contributed by atoms with van der Waals surface area (Å²) in [5.74, 6) is -0.528. The number of rotatable bonds is 7. The fourth-order valence-electron chi connectivity index (χ4n) is 2.80. The molecule has 3 nitrogen and oxygen atoms in total. The minimum absolute atomic E-state index is 0.0563. The lowest BCUT2D eigenvalue weighted by Gasteiger charge is -2.17. The van der Waals surface area contributed by atoms with Gasteiger partial charge in [-0.3, -0.25) is 9.59 Å². The highest BCUT2D eigenvalue weighted by atomic mass is 19.4. The van der Waals surface area contributed by atoms with Crippen molar-refractivity contribution < 1.29 is 22.8 Å². The first-order chi connectivity index (χ1) is 12.7. The van der Waals surface area contributed by atoms with Gasteiger partial charge >= 0.3 is 6.18 Å². The Morgan fingerprint density at radius 1 is 0.926 bits per heavy atom. The van der Waals surface area contributed by atoms with Crippen molar-refractivity contribution >= 4 is 11.7 Å². The van der Waals surface area contributed by atoms with Gasteiger partial charge in [-0.25, -0.2) is 0 Å². The third kappa shape index (κ3) is 6.24. The van der Waals surface area contributed by atoms with Crippen LogP contribution in [0.4, 0.5) is 13.2 Å². The molecule has 0 heterocycles. The van der Waals surface area contributed by atoms with Crippen LogP contribution in [0.25, 0.3) is 0 Å². The molecule has 144 valence electrons. The molecular weight excluding hydrogens is 355 g/mol. The van der Waals surface area contributed by atoms with E-state index in [9.17, 15) is 22.8 Å². The van der Waals surface area contributed by atoms with Gasteiger partial charge in [-0.1, -0.05) is 49.4 Å². The lowest BCUT2D eigenvalue weighted by Crippen LogP contribution is -2.34. The van der Waals surface area contributed by atoms with Gasteiger partial charge in [0, 0.05) is 24.4 Å². The highest BCUT2D eigenvalue weighted by molar-refractivity contribution is 5.96. The van der Waals surface area contributed by atoms with Crippen LogP contribution in [0.5, 0.6) is 0 Å². The largest absolute Gasteiger partial charge is 0.416 e. The summed E-state index contributed by atoms with van der Waals surface area (Å²) in [5.41, 5.74) is 0.541. The maximum absolute atomic E-state index is 12.6. The summed E-state index contributed by atoms with van der Waals surface area (Å²) in [6.07, 6.45) is -4.06. The first-order valence-electron chi connectivity index (χ1n) is 8.71. The van der Waals surface area contributed by atoms with Crippen LogP contribution >= 0.6 is 0 Å². The Balaban J connectivity index is 1.86. The van der Waals surface area contributed by atoms with Gasteiger partial charge in [-0.15, -0.1) is 0 Å². The van der Waals surface area contributed by atoms with Crippen molar-refractivity contribution in [1.29, 1.82) is 0 Å². The third-order valence-corrected chi connectivity index (χ3v) is 4.29. The van der Waals surface area contributed by atoms with Gasteiger partial charge in [0.25, 0.3) is 0 Å². The van der Waals surface area contributed by atoms with Crippen molar-refractivity contribution in [3.8, 4) is 0 Å². The van der Waals surface area contributed by atoms with E-state index in [1.165, 1.54) is 12.1 Å². The molecule has 2 aromatic rings. The molecule has 1 amide bonds. The number of hydrogen-bond donors (Lipinski definition) is 1. The maximum atomic E-state index is 12.6. The van der Waals surface area contributed by atoms with E-state index in [0.29, 0.717) is 11.1 Å². The molecular formula is C21H22F3NO2. The second-order valence-electron chi connectivity index (χ2n) is 6.69. The minimum atomic E-state index is -4.38. The number of Topliss-reactive ketones (excluding diaryl/α,β-unsaturated/α-hetero) is 1. The standard InChI is InChI=1S/C21H22F3NO2/c1-14(16-8-10-18(11-9-16)21(22,23)24)12-20(27)25-15(2)13-19(26)17-6-4-3-5-7-17/h3-11,14-15H,12-13H2,1-2H3,(H,25,27). The molecule has 0 fully saturated rings. The van der Waals surface area contributed by atoms with E-state index in [1.807, 2.05) is 6.07 Å². The monoisotopic (exact) mass is 377 g/mol. The Morgan fingerprint density at radius 3 is 2.07 bits per heavy atom. The molecule has 0 saturated heterocycles. The third-order valence-electron chi connectivity index (χ3n) is 4.29. The smallest absolute Gasteiger partial charge is 0.353 e. The molecule has 0 spiro atoms. The molecule has 2 unspecified atom stereocenters. The average molecular weight is 377 g/mol. The van der Waals surface area contributed by atoms with Crippen molar-refractivity contribution in [3.63, 3.8) is 0 Å². The molecule has 0 aromatic heterocycles. The van der Waals surface area contributed by atoms with E-state index in [2.05, 4.69) is 5.32 Å². The van der Waals surface area contributed by atoms with Crippen molar-refractivity contribution in [2.75, 3.05) is 0 Å². The summed E-state index contributed by atoms with van der Waals surface area (Å²) >= 11 is 0. The summed E-state index contributed by atoms with van der Waals surface area (Å²) in [6, 6.07) is 13.3. The second kappa shape index (κ2) is 8.84. The Bertz CT molecular complexity index is 770. The van der Waals surface area contributed by atoms with Crippen LogP contribution in [0.15, 0.2) is 54.6 Å². The molecule has 27 heavy (non-hydrogen) atoms. The second-order valence-corrected chi connectivity index (χ2v) is 6.69. The number of nitrogens with one attached hydrogen (secondary N) is 1. The molecule has 0 aliphatic heterocycles. The number of carbonyl (C=O) groups excluding carboxylic acids is 2. The number of alkyl halides is 3. The van der Waals surface area contributed by atoms with Crippen LogP contribution < -0.4 is 5.32 Å². The molecule has 1 N–H and O–H groups in total. The number of halogens is 3. The van der Waals surface area contributed by atoms with Crippen molar-refractivity contribution in [2.45, 2.75) is 44.8 Å². The number of carbonyl (C=O) groups is 2. The highest BCUT2D eigenvalue weighted by Gasteiger charge is 2.30. The van der Waals surface area contributed by atoms with Crippen molar-refractivity contribution in [1.82, 2.24) is 5.32 Å². The predicted molar refractivity (Wildman–Crippen MR) is 97.5 cm³/mol. The van der Waals surface area contributed by atoms with Crippen molar-refractivity contribution in [3.05, 3.63) is 71.3 Å². The molecule has 2 aromatic carbocycles. The lowest BCUT2D eigenvalue weighted by atomic mass is 9.96. The van der Waals surface area contributed by atoms with Crippen LogP contribution in [0.3, 0.4) is 0 Å². The Morgan fingerprint density at radius 2 is 1.52 bits per heavy atom. The first kappa shape index (κ1) is 20.7. The summed E-state index contributed by atoms with van der Waals surface area (Å²) in [7, 11) is 0. The summed E-state index contributed by atoms with van der Waals surface area (Å²) in [4.78, 5) is 24.3. The Hall–Kier alpha value is -2.63. The summed E-state index contributed by atoms with van der Waals surface area (Å²) < 4.78 is 37.8. The predicted octanol–water partition coefficient (Wildman–Crippen LogP) is 4.98. The summed E-state index contributed by atoms with van der Waals surface area (Å²) in [6.45, 7) is 3.53. The van der Waals surface area contributed by atoms with E-state index < -0.39 is 11.7 Å². The van der Waals surface area contributed by atoms with Gasteiger partial charge in [0.05, 0.1) is 5.56 Å². The first-order valence-corrected chi connectivity index (χ1v) is 8.71. The van der Waals surface area contributed by atoms with Crippen LogP contribution in [0.2, 0.25) is 0 Å². The molecule has 0 bridgehead atoms.